The Morgan fingerprint density at radius 1 is 1.44 bits per heavy atom. The average molecular weight is 249 g/mol. The molecule has 0 heterocycles. The lowest BCUT2D eigenvalue weighted by Gasteiger charge is -2.24. The Morgan fingerprint density at radius 2 is 2.11 bits per heavy atom. The normalized spacial score (nSPS) is 10.5. The number of carbonyl (C=O) groups excluding carboxylic acids is 1. The van der Waals surface area contributed by atoms with Crippen molar-refractivity contribution >= 4 is 17.3 Å². The highest BCUT2D eigenvalue weighted by molar-refractivity contribution is 6.00. The van der Waals surface area contributed by atoms with Crippen molar-refractivity contribution < 1.29 is 4.79 Å². The summed E-state index contributed by atoms with van der Waals surface area (Å²) >= 11 is 0. The van der Waals surface area contributed by atoms with Gasteiger partial charge in [0.1, 0.15) is 0 Å². The highest BCUT2D eigenvalue weighted by atomic mass is 16.1. The fourth-order valence-corrected chi connectivity index (χ4v) is 1.96. The Balaban J connectivity index is 3.06. The van der Waals surface area contributed by atoms with Gasteiger partial charge in [-0.2, -0.15) is 0 Å². The predicted octanol–water partition coefficient (Wildman–Crippen LogP) is 2.11. The van der Waals surface area contributed by atoms with Gasteiger partial charge in [0, 0.05) is 25.8 Å². The minimum absolute atomic E-state index is 0.0527. The molecule has 1 aromatic rings. The monoisotopic (exact) mass is 249 g/mol. The maximum absolute atomic E-state index is 12.0. The standard InChI is InChI=1S/C14H23N3O/c1-5-16-14(18)12-7-6-11(15)8-13(12)17(4)9-10(2)3/h6-8,10H,5,9,15H2,1-4H3,(H,16,18). The van der Waals surface area contributed by atoms with Gasteiger partial charge in [0.25, 0.3) is 5.91 Å². The van der Waals surface area contributed by atoms with Gasteiger partial charge in [-0.15, -0.1) is 0 Å². The summed E-state index contributed by atoms with van der Waals surface area (Å²) in [4.78, 5) is 14.1. The zero-order valence-corrected chi connectivity index (χ0v) is 11.7. The quantitative estimate of drug-likeness (QED) is 0.786. The van der Waals surface area contributed by atoms with Gasteiger partial charge < -0.3 is 16.0 Å². The van der Waals surface area contributed by atoms with Gasteiger partial charge in [-0.25, -0.2) is 0 Å². The van der Waals surface area contributed by atoms with Crippen molar-refractivity contribution in [2.24, 2.45) is 5.92 Å². The van der Waals surface area contributed by atoms with E-state index >= 15 is 0 Å². The third kappa shape index (κ3) is 3.65. The molecule has 1 amide bonds. The summed E-state index contributed by atoms with van der Waals surface area (Å²) in [5, 5.41) is 2.82. The summed E-state index contributed by atoms with van der Waals surface area (Å²) < 4.78 is 0. The van der Waals surface area contributed by atoms with Crippen LogP contribution in [0.1, 0.15) is 31.1 Å². The number of hydrogen-bond acceptors (Lipinski definition) is 3. The third-order valence-corrected chi connectivity index (χ3v) is 2.65. The first-order valence-corrected chi connectivity index (χ1v) is 6.34. The fourth-order valence-electron chi connectivity index (χ4n) is 1.96. The minimum Gasteiger partial charge on any atom is -0.399 e. The lowest BCUT2D eigenvalue weighted by molar-refractivity contribution is 0.0956. The largest absolute Gasteiger partial charge is 0.399 e. The molecule has 0 aromatic heterocycles. The van der Waals surface area contributed by atoms with E-state index < -0.39 is 0 Å². The van der Waals surface area contributed by atoms with Crippen LogP contribution in [0, 0.1) is 5.92 Å². The van der Waals surface area contributed by atoms with Crippen molar-refractivity contribution in [3.63, 3.8) is 0 Å². The zero-order chi connectivity index (χ0) is 13.7. The van der Waals surface area contributed by atoms with Crippen molar-refractivity contribution in [3.05, 3.63) is 23.8 Å². The number of nitrogens with two attached hydrogens (primary N) is 1. The van der Waals surface area contributed by atoms with E-state index in [9.17, 15) is 4.79 Å². The molecule has 0 unspecified atom stereocenters. The summed E-state index contributed by atoms with van der Waals surface area (Å²) in [7, 11) is 1.98. The number of nitrogen functional groups attached to an aromatic ring is 1. The highest BCUT2D eigenvalue weighted by Gasteiger charge is 2.14. The van der Waals surface area contributed by atoms with Crippen molar-refractivity contribution in [2.45, 2.75) is 20.8 Å². The predicted molar refractivity (Wildman–Crippen MR) is 77.0 cm³/mol. The van der Waals surface area contributed by atoms with Crippen LogP contribution >= 0.6 is 0 Å². The Morgan fingerprint density at radius 3 is 2.67 bits per heavy atom. The van der Waals surface area contributed by atoms with E-state index in [2.05, 4.69) is 24.1 Å². The van der Waals surface area contributed by atoms with E-state index in [0.717, 1.165) is 12.2 Å². The smallest absolute Gasteiger partial charge is 0.253 e. The molecule has 0 saturated carbocycles. The van der Waals surface area contributed by atoms with Crippen LogP contribution in [-0.4, -0.2) is 26.0 Å². The van der Waals surface area contributed by atoms with Crippen LogP contribution < -0.4 is 16.0 Å². The van der Waals surface area contributed by atoms with Gasteiger partial charge in [-0.1, -0.05) is 13.8 Å². The van der Waals surface area contributed by atoms with Crippen molar-refractivity contribution in [2.75, 3.05) is 30.8 Å². The molecule has 0 aliphatic heterocycles. The van der Waals surface area contributed by atoms with Crippen LogP contribution in [0.15, 0.2) is 18.2 Å². The lowest BCUT2D eigenvalue weighted by atomic mass is 10.1. The van der Waals surface area contributed by atoms with E-state index in [1.165, 1.54) is 0 Å². The van der Waals surface area contributed by atoms with Crippen molar-refractivity contribution in [1.29, 1.82) is 0 Å². The summed E-state index contributed by atoms with van der Waals surface area (Å²) in [5.74, 6) is 0.474. The molecule has 4 nitrogen and oxygen atoms in total. The molecule has 0 aliphatic carbocycles. The molecule has 0 spiro atoms. The van der Waals surface area contributed by atoms with E-state index in [4.69, 9.17) is 5.73 Å². The van der Waals surface area contributed by atoms with Gasteiger partial charge in [-0.3, -0.25) is 4.79 Å². The number of nitrogens with one attached hydrogen (secondary N) is 1. The second-order valence-electron chi connectivity index (χ2n) is 4.91. The minimum atomic E-state index is -0.0527. The molecule has 18 heavy (non-hydrogen) atoms. The number of nitrogens with zero attached hydrogens (tertiary/aromatic N) is 1. The molecule has 0 saturated heterocycles. The third-order valence-electron chi connectivity index (χ3n) is 2.65. The average Bonchev–Trinajstić information content (AvgIpc) is 2.28. The first kappa shape index (κ1) is 14.4. The van der Waals surface area contributed by atoms with Crippen LogP contribution in [-0.2, 0) is 0 Å². The summed E-state index contributed by atoms with van der Waals surface area (Å²) in [5.41, 5.74) is 8.05. The Hall–Kier alpha value is -1.71. The van der Waals surface area contributed by atoms with Crippen LogP contribution in [0.3, 0.4) is 0 Å². The van der Waals surface area contributed by atoms with Gasteiger partial charge >= 0.3 is 0 Å². The molecule has 1 rings (SSSR count). The molecule has 4 heteroatoms. The molecule has 0 bridgehead atoms. The molecule has 1 aromatic carbocycles. The summed E-state index contributed by atoms with van der Waals surface area (Å²) in [6.07, 6.45) is 0. The van der Waals surface area contributed by atoms with Gasteiger partial charge in [0.2, 0.25) is 0 Å². The zero-order valence-electron chi connectivity index (χ0n) is 11.7. The van der Waals surface area contributed by atoms with Crippen LogP contribution in [0.4, 0.5) is 11.4 Å². The number of carbonyl (C=O) groups is 1. The van der Waals surface area contributed by atoms with Gasteiger partial charge in [-0.05, 0) is 31.0 Å². The first-order valence-electron chi connectivity index (χ1n) is 6.34. The number of amides is 1. The number of anilines is 2. The molecule has 0 radical (unpaired) electrons. The van der Waals surface area contributed by atoms with Gasteiger partial charge in [0.05, 0.1) is 11.3 Å². The molecular formula is C14H23N3O. The Labute approximate surface area is 109 Å². The van der Waals surface area contributed by atoms with E-state index in [-0.39, 0.29) is 5.91 Å². The maximum Gasteiger partial charge on any atom is 0.253 e. The van der Waals surface area contributed by atoms with Crippen molar-refractivity contribution in [1.82, 2.24) is 5.32 Å². The number of hydrogen-bond donors (Lipinski definition) is 2. The first-order chi connectivity index (χ1) is 8.45. The fraction of sp³-hybridized carbons (Fsp3) is 0.500. The van der Waals surface area contributed by atoms with Gasteiger partial charge in [0.15, 0.2) is 0 Å². The number of rotatable bonds is 5. The SMILES string of the molecule is CCNC(=O)c1ccc(N)cc1N(C)CC(C)C. The molecule has 3 N–H and O–H groups in total. The molecule has 0 aliphatic rings. The topological polar surface area (TPSA) is 58.4 Å². The maximum atomic E-state index is 12.0. The molecule has 0 fully saturated rings. The lowest BCUT2D eigenvalue weighted by Crippen LogP contribution is -2.28. The Bertz CT molecular complexity index is 416. The Kier molecular flexibility index (Phi) is 5.01. The summed E-state index contributed by atoms with van der Waals surface area (Å²) in [6, 6.07) is 5.40. The second-order valence-corrected chi connectivity index (χ2v) is 4.91. The molecule has 100 valence electrons. The van der Waals surface area contributed by atoms with E-state index in [0.29, 0.717) is 23.7 Å². The number of benzene rings is 1. The van der Waals surface area contributed by atoms with E-state index in [1.807, 2.05) is 20.0 Å². The van der Waals surface area contributed by atoms with E-state index in [1.54, 1.807) is 12.1 Å². The highest BCUT2D eigenvalue weighted by Crippen LogP contribution is 2.23. The van der Waals surface area contributed by atoms with Crippen LogP contribution in [0.5, 0.6) is 0 Å². The molecular weight excluding hydrogens is 226 g/mol. The van der Waals surface area contributed by atoms with Crippen molar-refractivity contribution in [3.8, 4) is 0 Å². The van der Waals surface area contributed by atoms with Crippen LogP contribution in [0.25, 0.3) is 0 Å². The molecule has 0 atom stereocenters. The van der Waals surface area contributed by atoms with Crippen LogP contribution in [0.2, 0.25) is 0 Å². The second kappa shape index (κ2) is 6.28. The summed E-state index contributed by atoms with van der Waals surface area (Å²) in [6.45, 7) is 7.71.